The van der Waals surface area contributed by atoms with Crippen LogP contribution in [0, 0.1) is 0 Å². The summed E-state index contributed by atoms with van der Waals surface area (Å²) in [6, 6.07) is 7.94. The molecule has 3 nitrogen and oxygen atoms in total. The number of amides is 1. The van der Waals surface area contributed by atoms with E-state index in [1.54, 1.807) is 23.5 Å². The number of thioether (sulfide) groups is 1. The van der Waals surface area contributed by atoms with E-state index in [0.717, 1.165) is 6.26 Å². The molecule has 18 heavy (non-hydrogen) atoms. The molecule has 0 saturated heterocycles. The van der Waals surface area contributed by atoms with Crippen molar-refractivity contribution in [2.24, 2.45) is 0 Å². The van der Waals surface area contributed by atoms with Gasteiger partial charge in [-0.2, -0.15) is 13.2 Å². The first-order valence-corrected chi connectivity index (χ1v) is 5.68. The molecular weight excluding hydrogens is 267 g/mol. The Morgan fingerprint density at radius 3 is 2.50 bits per heavy atom. The van der Waals surface area contributed by atoms with Gasteiger partial charge in [-0.3, -0.25) is 0 Å². The highest BCUT2D eigenvalue weighted by Crippen LogP contribution is 2.33. The van der Waals surface area contributed by atoms with Crippen LogP contribution >= 0.6 is 11.8 Å². The monoisotopic (exact) mass is 277 g/mol. The highest BCUT2D eigenvalue weighted by molar-refractivity contribution is 8.00. The average Bonchev–Trinajstić information content (AvgIpc) is 2.28. The molecule has 1 unspecified atom stereocenters. The van der Waals surface area contributed by atoms with Gasteiger partial charge in [0.15, 0.2) is 5.37 Å². The number of hydrogen-bond acceptors (Lipinski definition) is 3. The van der Waals surface area contributed by atoms with E-state index in [1.165, 1.54) is 12.1 Å². The van der Waals surface area contributed by atoms with Crippen LogP contribution in [0.1, 0.15) is 0 Å². The summed E-state index contributed by atoms with van der Waals surface area (Å²) >= 11 is 0.479. The highest BCUT2D eigenvalue weighted by Gasteiger charge is 2.41. The summed E-state index contributed by atoms with van der Waals surface area (Å²) in [4.78, 5) is 11.4. The SMILES string of the molecule is C=COC(=O)NC(Sc1ccccc1)C(F)(F)F. The number of alkyl halides is 3. The van der Waals surface area contributed by atoms with E-state index in [2.05, 4.69) is 11.3 Å². The van der Waals surface area contributed by atoms with E-state index in [9.17, 15) is 18.0 Å². The summed E-state index contributed by atoms with van der Waals surface area (Å²) in [7, 11) is 0. The number of nitrogens with one attached hydrogen (secondary N) is 1. The van der Waals surface area contributed by atoms with Gasteiger partial charge in [-0.25, -0.2) is 4.79 Å². The number of carbonyl (C=O) groups is 1. The van der Waals surface area contributed by atoms with Crippen molar-refractivity contribution >= 4 is 17.9 Å². The van der Waals surface area contributed by atoms with Crippen LogP contribution in [0.4, 0.5) is 18.0 Å². The molecule has 0 radical (unpaired) electrons. The van der Waals surface area contributed by atoms with Gasteiger partial charge in [-0.05, 0) is 12.1 Å². The van der Waals surface area contributed by atoms with Crippen LogP contribution in [-0.4, -0.2) is 17.6 Å². The minimum Gasteiger partial charge on any atom is -0.419 e. The molecule has 0 fully saturated rings. The number of rotatable bonds is 4. The predicted octanol–water partition coefficient (Wildman–Crippen LogP) is 3.54. The first-order valence-electron chi connectivity index (χ1n) is 4.80. The summed E-state index contributed by atoms with van der Waals surface area (Å²) in [5.74, 6) is 0. The average molecular weight is 277 g/mol. The van der Waals surface area contributed by atoms with E-state index in [1.807, 2.05) is 0 Å². The third-order valence-electron chi connectivity index (χ3n) is 1.73. The molecule has 0 aliphatic rings. The fourth-order valence-corrected chi connectivity index (χ4v) is 1.91. The van der Waals surface area contributed by atoms with Gasteiger partial charge < -0.3 is 10.1 Å². The van der Waals surface area contributed by atoms with Crippen LogP contribution in [-0.2, 0) is 4.74 Å². The first kappa shape index (κ1) is 14.4. The van der Waals surface area contributed by atoms with Crippen molar-refractivity contribution in [1.29, 1.82) is 0 Å². The van der Waals surface area contributed by atoms with Crippen molar-refractivity contribution in [2.45, 2.75) is 16.4 Å². The van der Waals surface area contributed by atoms with Crippen LogP contribution in [0.3, 0.4) is 0 Å². The van der Waals surface area contributed by atoms with E-state index < -0.39 is 17.6 Å². The molecule has 0 spiro atoms. The van der Waals surface area contributed by atoms with Crippen LogP contribution in [0.5, 0.6) is 0 Å². The van der Waals surface area contributed by atoms with Crippen molar-refractivity contribution in [1.82, 2.24) is 5.32 Å². The lowest BCUT2D eigenvalue weighted by molar-refractivity contribution is -0.132. The van der Waals surface area contributed by atoms with E-state index in [-0.39, 0.29) is 0 Å². The fourth-order valence-electron chi connectivity index (χ4n) is 1.03. The molecule has 0 saturated carbocycles. The van der Waals surface area contributed by atoms with Gasteiger partial charge >= 0.3 is 12.3 Å². The zero-order valence-electron chi connectivity index (χ0n) is 9.11. The van der Waals surface area contributed by atoms with Crippen molar-refractivity contribution in [2.75, 3.05) is 0 Å². The van der Waals surface area contributed by atoms with Gasteiger partial charge in [0.25, 0.3) is 0 Å². The fraction of sp³-hybridized carbons (Fsp3) is 0.182. The van der Waals surface area contributed by atoms with Crippen molar-refractivity contribution in [3.63, 3.8) is 0 Å². The summed E-state index contributed by atoms with van der Waals surface area (Å²) < 4.78 is 42.3. The number of carbonyl (C=O) groups excluding carboxylic acids is 1. The maximum absolute atomic E-state index is 12.7. The number of hydrogen-bond donors (Lipinski definition) is 1. The molecule has 1 rings (SSSR count). The van der Waals surface area contributed by atoms with Crippen LogP contribution in [0.15, 0.2) is 48.1 Å². The normalized spacial score (nSPS) is 12.6. The van der Waals surface area contributed by atoms with E-state index in [0.29, 0.717) is 16.7 Å². The highest BCUT2D eigenvalue weighted by atomic mass is 32.2. The second-order valence-electron chi connectivity index (χ2n) is 3.07. The summed E-state index contributed by atoms with van der Waals surface area (Å²) in [5.41, 5.74) is 0. The molecule has 1 aromatic carbocycles. The topological polar surface area (TPSA) is 38.3 Å². The van der Waals surface area contributed by atoms with Crippen LogP contribution in [0.25, 0.3) is 0 Å². The number of ether oxygens (including phenoxy) is 1. The predicted molar refractivity (Wildman–Crippen MR) is 62.0 cm³/mol. The Bertz CT molecular complexity index is 408. The Hall–Kier alpha value is -1.63. The van der Waals surface area contributed by atoms with Gasteiger partial charge in [0.05, 0.1) is 6.26 Å². The second-order valence-corrected chi connectivity index (χ2v) is 4.25. The van der Waals surface area contributed by atoms with Crippen molar-refractivity contribution in [3.05, 3.63) is 43.2 Å². The Labute approximate surface area is 106 Å². The number of alkyl carbamates (subject to hydrolysis) is 1. The maximum Gasteiger partial charge on any atom is 0.418 e. The zero-order valence-corrected chi connectivity index (χ0v) is 9.92. The largest absolute Gasteiger partial charge is 0.419 e. The minimum atomic E-state index is -4.58. The van der Waals surface area contributed by atoms with Crippen molar-refractivity contribution < 1.29 is 22.7 Å². The lowest BCUT2D eigenvalue weighted by Crippen LogP contribution is -2.42. The third-order valence-corrected chi connectivity index (χ3v) is 2.90. The molecule has 0 aliphatic heterocycles. The van der Waals surface area contributed by atoms with Gasteiger partial charge in [0.2, 0.25) is 0 Å². The first-order chi connectivity index (χ1) is 8.43. The lowest BCUT2D eigenvalue weighted by atomic mass is 10.4. The van der Waals surface area contributed by atoms with Crippen LogP contribution in [0.2, 0.25) is 0 Å². The molecule has 1 N–H and O–H groups in total. The van der Waals surface area contributed by atoms with E-state index in [4.69, 9.17) is 0 Å². The smallest absolute Gasteiger partial charge is 0.418 e. The maximum atomic E-state index is 12.7. The standard InChI is InChI=1S/C11H10F3NO2S/c1-2-17-10(16)15-9(11(12,13)14)18-8-6-4-3-5-7-8/h2-7,9H,1H2,(H,15,16). The minimum absolute atomic E-state index is 0.388. The van der Waals surface area contributed by atoms with Gasteiger partial charge in [0, 0.05) is 4.90 Å². The zero-order chi connectivity index (χ0) is 13.6. The molecule has 0 aliphatic carbocycles. The molecular formula is C11H10F3NO2S. The summed E-state index contributed by atoms with van der Waals surface area (Å²) in [5, 5.41) is -0.365. The molecule has 0 heterocycles. The van der Waals surface area contributed by atoms with Gasteiger partial charge in [-0.15, -0.1) is 0 Å². The second kappa shape index (κ2) is 6.34. The van der Waals surface area contributed by atoms with Gasteiger partial charge in [-0.1, -0.05) is 36.5 Å². The molecule has 0 aromatic heterocycles. The van der Waals surface area contributed by atoms with E-state index >= 15 is 0 Å². The molecule has 1 amide bonds. The molecule has 0 bridgehead atoms. The van der Waals surface area contributed by atoms with Crippen LogP contribution < -0.4 is 5.32 Å². The quantitative estimate of drug-likeness (QED) is 0.519. The number of benzene rings is 1. The third kappa shape index (κ3) is 4.70. The van der Waals surface area contributed by atoms with Crippen molar-refractivity contribution in [3.8, 4) is 0 Å². The Kier molecular flexibility index (Phi) is 5.08. The molecule has 1 aromatic rings. The lowest BCUT2D eigenvalue weighted by Gasteiger charge is -2.20. The summed E-state index contributed by atoms with van der Waals surface area (Å²) in [6.07, 6.45) is -5.02. The Morgan fingerprint density at radius 2 is 2.00 bits per heavy atom. The number of halogens is 3. The Balaban J connectivity index is 2.74. The molecule has 1 atom stereocenters. The summed E-state index contributed by atoms with van der Waals surface area (Å²) in [6.45, 7) is 3.08. The van der Waals surface area contributed by atoms with Gasteiger partial charge in [0.1, 0.15) is 0 Å². The Morgan fingerprint density at radius 1 is 1.39 bits per heavy atom. The molecule has 7 heteroatoms. The molecule has 98 valence electrons.